The zero-order valence-corrected chi connectivity index (χ0v) is 13.1. The number of rotatable bonds is 7. The van der Waals surface area contributed by atoms with Crippen LogP contribution in [0.2, 0.25) is 0 Å². The maximum Gasteiger partial charge on any atom is 0.267 e. The number of amides is 1. The molecule has 0 radical (unpaired) electrons. The first-order chi connectivity index (χ1) is 9.24. The summed E-state index contributed by atoms with van der Waals surface area (Å²) in [5, 5.41) is 13.4. The normalized spacial score (nSPS) is 11.4. The highest BCUT2D eigenvalue weighted by molar-refractivity contribution is 7.18. The first kappa shape index (κ1) is 16.7. The lowest BCUT2D eigenvalue weighted by molar-refractivity contribution is 0.0371. The SMILES string of the molecule is COCCNc1nc(N)c(C(=O)N(C)CC(C)(C)O)s1. The Morgan fingerprint density at radius 2 is 2.25 bits per heavy atom. The Labute approximate surface area is 122 Å². The number of anilines is 2. The minimum absolute atomic E-state index is 0.197. The summed E-state index contributed by atoms with van der Waals surface area (Å²) < 4.78 is 4.92. The van der Waals surface area contributed by atoms with Gasteiger partial charge in [0.15, 0.2) is 5.13 Å². The maximum atomic E-state index is 12.2. The van der Waals surface area contributed by atoms with Gasteiger partial charge in [-0.2, -0.15) is 0 Å². The van der Waals surface area contributed by atoms with Crippen LogP contribution in [-0.2, 0) is 4.74 Å². The van der Waals surface area contributed by atoms with Gasteiger partial charge in [-0.1, -0.05) is 11.3 Å². The van der Waals surface area contributed by atoms with Crippen LogP contribution in [0.25, 0.3) is 0 Å². The summed E-state index contributed by atoms with van der Waals surface area (Å²) in [7, 11) is 3.23. The number of methoxy groups -OCH3 is 1. The van der Waals surface area contributed by atoms with Gasteiger partial charge in [-0.25, -0.2) is 4.98 Å². The van der Waals surface area contributed by atoms with E-state index in [0.29, 0.717) is 23.2 Å². The van der Waals surface area contributed by atoms with Crippen LogP contribution < -0.4 is 11.1 Å². The van der Waals surface area contributed by atoms with Crippen molar-refractivity contribution in [2.75, 3.05) is 44.9 Å². The van der Waals surface area contributed by atoms with Gasteiger partial charge in [0.05, 0.1) is 12.2 Å². The van der Waals surface area contributed by atoms with Gasteiger partial charge in [0.1, 0.15) is 10.7 Å². The molecule has 0 saturated heterocycles. The zero-order valence-electron chi connectivity index (χ0n) is 12.3. The molecule has 0 aliphatic carbocycles. The third-order valence-electron chi connectivity index (χ3n) is 2.40. The van der Waals surface area contributed by atoms with E-state index in [1.54, 1.807) is 28.0 Å². The van der Waals surface area contributed by atoms with Crippen LogP contribution >= 0.6 is 11.3 Å². The molecule has 0 spiro atoms. The van der Waals surface area contributed by atoms with E-state index in [4.69, 9.17) is 10.5 Å². The summed E-state index contributed by atoms with van der Waals surface area (Å²) in [6.45, 7) is 4.64. The van der Waals surface area contributed by atoms with Gasteiger partial charge in [-0.05, 0) is 13.8 Å². The Hall–Kier alpha value is -1.38. The lowest BCUT2D eigenvalue weighted by atomic mass is 10.1. The topological polar surface area (TPSA) is 101 Å². The number of hydrogen-bond acceptors (Lipinski definition) is 7. The number of ether oxygens (including phenoxy) is 1. The molecule has 7 nitrogen and oxygen atoms in total. The predicted octanol–water partition coefficient (Wildman–Crippen LogP) is 0.627. The highest BCUT2D eigenvalue weighted by Gasteiger charge is 2.24. The fourth-order valence-corrected chi connectivity index (χ4v) is 2.55. The van der Waals surface area contributed by atoms with Crippen molar-refractivity contribution in [1.29, 1.82) is 0 Å². The summed E-state index contributed by atoms with van der Waals surface area (Å²) >= 11 is 1.20. The largest absolute Gasteiger partial charge is 0.389 e. The molecule has 1 rings (SSSR count). The third kappa shape index (κ3) is 4.95. The van der Waals surface area contributed by atoms with Crippen LogP contribution in [0.4, 0.5) is 10.9 Å². The standard InChI is InChI=1S/C12H22N4O3S/c1-12(2,18)7-16(3)10(17)8-9(13)15-11(20-8)14-5-6-19-4/h18H,5-7,13H2,1-4H3,(H,14,15). The number of nitrogens with two attached hydrogens (primary N) is 1. The molecule has 1 aromatic heterocycles. The number of hydrogen-bond donors (Lipinski definition) is 3. The summed E-state index contributed by atoms with van der Waals surface area (Å²) in [5.41, 5.74) is 4.81. The molecule has 1 aromatic rings. The molecule has 0 atom stereocenters. The number of nitrogen functional groups attached to an aromatic ring is 1. The second-order valence-electron chi connectivity index (χ2n) is 5.13. The van der Waals surface area contributed by atoms with Gasteiger partial charge in [0.25, 0.3) is 5.91 Å². The number of likely N-dealkylation sites (N-methyl/N-ethyl adjacent to an activating group) is 1. The molecule has 0 bridgehead atoms. The number of aliphatic hydroxyl groups is 1. The number of carbonyl (C=O) groups is 1. The first-order valence-corrected chi connectivity index (χ1v) is 7.03. The Balaban J connectivity index is 2.73. The van der Waals surface area contributed by atoms with E-state index in [0.717, 1.165) is 0 Å². The Bertz CT molecular complexity index is 456. The molecule has 0 aliphatic heterocycles. The highest BCUT2D eigenvalue weighted by Crippen LogP contribution is 2.26. The Morgan fingerprint density at radius 1 is 1.60 bits per heavy atom. The van der Waals surface area contributed by atoms with Crippen molar-refractivity contribution >= 4 is 28.2 Å². The number of carbonyl (C=O) groups excluding carboxylic acids is 1. The Kier molecular flexibility index (Phi) is 5.73. The van der Waals surface area contributed by atoms with Gasteiger partial charge < -0.3 is 25.8 Å². The van der Waals surface area contributed by atoms with E-state index in [9.17, 15) is 9.90 Å². The van der Waals surface area contributed by atoms with Crippen molar-refractivity contribution in [2.45, 2.75) is 19.4 Å². The molecular weight excluding hydrogens is 280 g/mol. The summed E-state index contributed by atoms with van der Waals surface area (Å²) in [5.74, 6) is -0.0515. The summed E-state index contributed by atoms with van der Waals surface area (Å²) in [6.07, 6.45) is 0. The van der Waals surface area contributed by atoms with Crippen molar-refractivity contribution in [2.24, 2.45) is 0 Å². The molecule has 114 valence electrons. The average molecular weight is 302 g/mol. The summed E-state index contributed by atoms with van der Waals surface area (Å²) in [6, 6.07) is 0. The quantitative estimate of drug-likeness (QED) is 0.639. The zero-order chi connectivity index (χ0) is 15.3. The van der Waals surface area contributed by atoms with Crippen molar-refractivity contribution in [1.82, 2.24) is 9.88 Å². The highest BCUT2D eigenvalue weighted by atomic mass is 32.1. The van der Waals surface area contributed by atoms with E-state index in [-0.39, 0.29) is 18.3 Å². The molecule has 0 aliphatic rings. The molecular formula is C12H22N4O3S. The monoisotopic (exact) mass is 302 g/mol. The molecule has 0 fully saturated rings. The van der Waals surface area contributed by atoms with E-state index in [1.807, 2.05) is 0 Å². The fraction of sp³-hybridized carbons (Fsp3) is 0.667. The van der Waals surface area contributed by atoms with Crippen LogP contribution in [0.15, 0.2) is 0 Å². The maximum absolute atomic E-state index is 12.2. The van der Waals surface area contributed by atoms with Gasteiger partial charge in [-0.3, -0.25) is 4.79 Å². The fourth-order valence-electron chi connectivity index (χ4n) is 1.65. The van der Waals surface area contributed by atoms with Gasteiger partial charge >= 0.3 is 0 Å². The minimum Gasteiger partial charge on any atom is -0.389 e. The van der Waals surface area contributed by atoms with E-state index < -0.39 is 5.60 Å². The van der Waals surface area contributed by atoms with Crippen LogP contribution in [-0.4, -0.2) is 60.4 Å². The minimum atomic E-state index is -0.955. The molecule has 1 heterocycles. The average Bonchev–Trinajstić information content (AvgIpc) is 2.67. The van der Waals surface area contributed by atoms with E-state index in [1.165, 1.54) is 16.2 Å². The van der Waals surface area contributed by atoms with Crippen LogP contribution in [0, 0.1) is 0 Å². The molecule has 4 N–H and O–H groups in total. The van der Waals surface area contributed by atoms with Gasteiger partial charge in [0.2, 0.25) is 0 Å². The number of aromatic nitrogens is 1. The molecule has 8 heteroatoms. The number of nitrogens with one attached hydrogen (secondary N) is 1. The molecule has 0 aromatic carbocycles. The van der Waals surface area contributed by atoms with Crippen molar-refractivity contribution in [3.05, 3.63) is 4.88 Å². The lowest BCUT2D eigenvalue weighted by Crippen LogP contribution is -2.39. The van der Waals surface area contributed by atoms with Crippen molar-refractivity contribution in [3.8, 4) is 0 Å². The van der Waals surface area contributed by atoms with Gasteiger partial charge in [0, 0.05) is 27.2 Å². The van der Waals surface area contributed by atoms with Crippen LogP contribution in [0.5, 0.6) is 0 Å². The molecule has 20 heavy (non-hydrogen) atoms. The van der Waals surface area contributed by atoms with Crippen LogP contribution in [0.3, 0.4) is 0 Å². The molecule has 1 amide bonds. The Morgan fingerprint density at radius 3 is 2.80 bits per heavy atom. The van der Waals surface area contributed by atoms with Crippen molar-refractivity contribution in [3.63, 3.8) is 0 Å². The second kappa shape index (κ2) is 6.87. The second-order valence-corrected chi connectivity index (χ2v) is 6.13. The smallest absolute Gasteiger partial charge is 0.267 e. The number of nitrogens with zero attached hydrogens (tertiary/aromatic N) is 2. The summed E-state index contributed by atoms with van der Waals surface area (Å²) in [4.78, 5) is 18.1. The molecule has 0 unspecified atom stereocenters. The van der Waals surface area contributed by atoms with Crippen LogP contribution in [0.1, 0.15) is 23.5 Å². The number of thiazole rings is 1. The lowest BCUT2D eigenvalue weighted by Gasteiger charge is -2.25. The van der Waals surface area contributed by atoms with Gasteiger partial charge in [-0.15, -0.1) is 0 Å². The predicted molar refractivity (Wildman–Crippen MR) is 80.2 cm³/mol. The van der Waals surface area contributed by atoms with E-state index in [2.05, 4.69) is 10.3 Å². The third-order valence-corrected chi connectivity index (χ3v) is 3.42. The first-order valence-electron chi connectivity index (χ1n) is 6.21. The van der Waals surface area contributed by atoms with Crippen molar-refractivity contribution < 1.29 is 14.6 Å². The van der Waals surface area contributed by atoms with E-state index >= 15 is 0 Å². The molecule has 0 saturated carbocycles.